The van der Waals surface area contributed by atoms with E-state index in [4.69, 9.17) is 0 Å². The molecule has 0 fully saturated rings. The summed E-state index contributed by atoms with van der Waals surface area (Å²) in [6.45, 7) is 2.81. The Kier molecular flexibility index (Phi) is 6.67. The van der Waals surface area contributed by atoms with Crippen LogP contribution in [0.5, 0.6) is 5.75 Å². The Labute approximate surface area is 163 Å². The number of carbonyl (C=O) groups is 3. The van der Waals surface area contributed by atoms with E-state index in [1.165, 1.54) is 13.1 Å². The standard InChI is InChI=1S/C17H20F3N5O4/c1-9(2)15(28)21-7-14(27)25(3)8-13(26)24-16-22-11-5-4-10(6-12(11)23-16)29-17(18,19)20/h4-6,9H,7-8H2,1-3H3,(H,21,28)(H2,22,23,24,26). The van der Waals surface area contributed by atoms with Crippen LogP contribution in [-0.4, -0.2) is 59.1 Å². The Bertz CT molecular complexity index is 910. The van der Waals surface area contributed by atoms with E-state index in [0.717, 1.165) is 17.0 Å². The number of halogens is 3. The highest BCUT2D eigenvalue weighted by Gasteiger charge is 2.31. The molecular weight excluding hydrogens is 395 g/mol. The number of nitrogens with zero attached hydrogens (tertiary/aromatic N) is 2. The van der Waals surface area contributed by atoms with Crippen molar-refractivity contribution in [2.24, 2.45) is 5.92 Å². The van der Waals surface area contributed by atoms with Gasteiger partial charge in [0.2, 0.25) is 23.7 Å². The largest absolute Gasteiger partial charge is 0.573 e. The predicted molar refractivity (Wildman–Crippen MR) is 96.9 cm³/mol. The van der Waals surface area contributed by atoms with Crippen molar-refractivity contribution in [3.8, 4) is 5.75 Å². The highest BCUT2D eigenvalue weighted by Crippen LogP contribution is 2.26. The van der Waals surface area contributed by atoms with Crippen molar-refractivity contribution in [3.63, 3.8) is 0 Å². The second-order valence-electron chi connectivity index (χ2n) is 6.48. The molecule has 3 amide bonds. The van der Waals surface area contributed by atoms with Crippen LogP contribution in [0.4, 0.5) is 19.1 Å². The number of hydrogen-bond donors (Lipinski definition) is 3. The van der Waals surface area contributed by atoms with Crippen LogP contribution in [0.3, 0.4) is 0 Å². The summed E-state index contributed by atoms with van der Waals surface area (Å²) in [5.41, 5.74) is 0.540. The fraction of sp³-hybridized carbons (Fsp3) is 0.412. The molecule has 0 atom stereocenters. The topological polar surface area (TPSA) is 116 Å². The van der Waals surface area contributed by atoms with Gasteiger partial charge in [-0.3, -0.25) is 19.7 Å². The van der Waals surface area contributed by atoms with E-state index in [0.29, 0.717) is 5.52 Å². The number of carbonyl (C=O) groups excluding carboxylic acids is 3. The minimum atomic E-state index is -4.82. The van der Waals surface area contributed by atoms with Crippen molar-refractivity contribution in [2.75, 3.05) is 25.5 Å². The first-order chi connectivity index (χ1) is 13.4. The monoisotopic (exact) mass is 415 g/mol. The molecule has 1 aromatic carbocycles. The summed E-state index contributed by atoms with van der Waals surface area (Å²) in [5.74, 6) is -2.03. The van der Waals surface area contributed by atoms with E-state index < -0.39 is 23.9 Å². The number of aromatic amines is 1. The maximum Gasteiger partial charge on any atom is 0.573 e. The molecule has 0 aliphatic heterocycles. The van der Waals surface area contributed by atoms with E-state index in [9.17, 15) is 27.6 Å². The number of anilines is 1. The molecule has 9 nitrogen and oxygen atoms in total. The van der Waals surface area contributed by atoms with Gasteiger partial charge in [-0.25, -0.2) is 4.98 Å². The zero-order valence-electron chi connectivity index (χ0n) is 15.9. The van der Waals surface area contributed by atoms with Crippen LogP contribution in [0.15, 0.2) is 18.2 Å². The molecule has 158 valence electrons. The Morgan fingerprint density at radius 3 is 2.59 bits per heavy atom. The molecule has 0 bridgehead atoms. The second kappa shape index (κ2) is 8.80. The molecule has 3 N–H and O–H groups in total. The van der Waals surface area contributed by atoms with Crippen LogP contribution in [0.25, 0.3) is 11.0 Å². The lowest BCUT2D eigenvalue weighted by atomic mass is 10.2. The van der Waals surface area contributed by atoms with Gasteiger partial charge < -0.3 is 19.9 Å². The van der Waals surface area contributed by atoms with Gasteiger partial charge >= 0.3 is 6.36 Å². The molecule has 29 heavy (non-hydrogen) atoms. The molecule has 0 spiro atoms. The number of H-pyrrole nitrogens is 1. The van der Waals surface area contributed by atoms with Crippen LogP contribution < -0.4 is 15.4 Å². The Hall–Kier alpha value is -3.31. The fourth-order valence-corrected chi connectivity index (χ4v) is 2.22. The van der Waals surface area contributed by atoms with E-state index >= 15 is 0 Å². The van der Waals surface area contributed by atoms with Crippen molar-refractivity contribution < 1.29 is 32.3 Å². The number of nitrogens with one attached hydrogen (secondary N) is 3. The van der Waals surface area contributed by atoms with E-state index in [1.54, 1.807) is 13.8 Å². The molecule has 2 aromatic rings. The van der Waals surface area contributed by atoms with E-state index in [1.807, 2.05) is 0 Å². The zero-order valence-corrected chi connectivity index (χ0v) is 15.9. The van der Waals surface area contributed by atoms with E-state index in [-0.39, 0.29) is 36.4 Å². The zero-order chi connectivity index (χ0) is 21.8. The second-order valence-corrected chi connectivity index (χ2v) is 6.48. The molecule has 0 aliphatic carbocycles. The Morgan fingerprint density at radius 2 is 1.97 bits per heavy atom. The average molecular weight is 415 g/mol. The number of ether oxygens (including phenoxy) is 1. The Balaban J connectivity index is 1.93. The lowest BCUT2D eigenvalue weighted by Crippen LogP contribution is -2.42. The average Bonchev–Trinajstić information content (AvgIpc) is 2.98. The lowest BCUT2D eigenvalue weighted by molar-refractivity contribution is -0.274. The van der Waals surface area contributed by atoms with Gasteiger partial charge in [0.25, 0.3) is 0 Å². The van der Waals surface area contributed by atoms with Crippen LogP contribution in [0.1, 0.15) is 13.8 Å². The van der Waals surface area contributed by atoms with Gasteiger partial charge in [-0.15, -0.1) is 13.2 Å². The number of amides is 3. The molecule has 1 aromatic heterocycles. The number of aromatic nitrogens is 2. The summed E-state index contributed by atoms with van der Waals surface area (Å²) in [6, 6.07) is 3.49. The van der Waals surface area contributed by atoms with Gasteiger partial charge in [-0.2, -0.15) is 0 Å². The molecule has 0 aliphatic rings. The molecule has 12 heteroatoms. The maximum atomic E-state index is 12.3. The summed E-state index contributed by atoms with van der Waals surface area (Å²) >= 11 is 0. The van der Waals surface area contributed by atoms with Crippen molar-refractivity contribution in [2.45, 2.75) is 20.2 Å². The molecule has 0 saturated carbocycles. The number of rotatable bonds is 7. The smallest absolute Gasteiger partial charge is 0.406 e. The van der Waals surface area contributed by atoms with Gasteiger partial charge in [-0.05, 0) is 12.1 Å². The van der Waals surface area contributed by atoms with Gasteiger partial charge in [-0.1, -0.05) is 13.8 Å². The molecule has 2 rings (SSSR count). The summed E-state index contributed by atoms with van der Waals surface area (Å²) < 4.78 is 40.7. The van der Waals surface area contributed by atoms with Gasteiger partial charge in [0, 0.05) is 19.0 Å². The van der Waals surface area contributed by atoms with Crippen molar-refractivity contribution in [1.82, 2.24) is 20.2 Å². The number of imidazole rings is 1. The van der Waals surface area contributed by atoms with Crippen molar-refractivity contribution in [1.29, 1.82) is 0 Å². The van der Waals surface area contributed by atoms with Gasteiger partial charge in [0.05, 0.1) is 24.1 Å². The number of hydrogen-bond acceptors (Lipinski definition) is 5. The molecule has 1 heterocycles. The van der Waals surface area contributed by atoms with E-state index in [2.05, 4.69) is 25.3 Å². The summed E-state index contributed by atoms with van der Waals surface area (Å²) in [7, 11) is 1.39. The quantitative estimate of drug-likeness (QED) is 0.636. The van der Waals surface area contributed by atoms with Crippen molar-refractivity contribution in [3.05, 3.63) is 18.2 Å². The summed E-state index contributed by atoms with van der Waals surface area (Å²) in [5, 5.41) is 4.87. The van der Waals surface area contributed by atoms with Crippen LogP contribution in [0.2, 0.25) is 0 Å². The third-order valence-electron chi connectivity index (χ3n) is 3.69. The minimum Gasteiger partial charge on any atom is -0.406 e. The normalized spacial score (nSPS) is 11.4. The van der Waals surface area contributed by atoms with Gasteiger partial charge in [0.1, 0.15) is 5.75 Å². The lowest BCUT2D eigenvalue weighted by Gasteiger charge is -2.17. The number of fused-ring (bicyclic) bond motifs is 1. The first-order valence-corrected chi connectivity index (χ1v) is 8.51. The first kappa shape index (κ1) is 22.0. The highest BCUT2D eigenvalue weighted by atomic mass is 19.4. The summed E-state index contributed by atoms with van der Waals surface area (Å²) in [4.78, 5) is 43.3. The third-order valence-corrected chi connectivity index (χ3v) is 3.69. The highest BCUT2D eigenvalue weighted by molar-refractivity contribution is 5.95. The summed E-state index contributed by atoms with van der Waals surface area (Å²) in [6.07, 6.45) is -4.82. The number of likely N-dealkylation sites (N-methyl/N-ethyl adjacent to an activating group) is 1. The minimum absolute atomic E-state index is 0.00289. The van der Waals surface area contributed by atoms with Crippen molar-refractivity contribution >= 4 is 34.7 Å². The fourth-order valence-electron chi connectivity index (χ4n) is 2.22. The first-order valence-electron chi connectivity index (χ1n) is 8.51. The van der Waals surface area contributed by atoms with Crippen LogP contribution >= 0.6 is 0 Å². The Morgan fingerprint density at radius 1 is 1.28 bits per heavy atom. The molecular formula is C17H20F3N5O4. The molecule has 0 radical (unpaired) electrons. The van der Waals surface area contributed by atoms with Gasteiger partial charge in [0.15, 0.2) is 0 Å². The number of benzene rings is 1. The third kappa shape index (κ3) is 6.66. The number of alkyl halides is 3. The maximum absolute atomic E-state index is 12.3. The molecule has 0 unspecified atom stereocenters. The predicted octanol–water partition coefficient (Wildman–Crippen LogP) is 1.63. The van der Waals surface area contributed by atoms with Crippen LogP contribution in [-0.2, 0) is 14.4 Å². The van der Waals surface area contributed by atoms with Crippen LogP contribution in [0, 0.1) is 5.92 Å². The molecule has 0 saturated heterocycles. The SMILES string of the molecule is CC(C)C(=O)NCC(=O)N(C)CC(=O)Nc1nc2ccc(OC(F)(F)F)cc2[nH]1.